The molecule has 9 heteroatoms. The van der Waals surface area contributed by atoms with Crippen molar-refractivity contribution in [3.8, 4) is 23.3 Å². The summed E-state index contributed by atoms with van der Waals surface area (Å²) >= 11 is 0. The van der Waals surface area contributed by atoms with E-state index in [9.17, 15) is 9.65 Å². The Bertz CT molecular complexity index is 1250. The molecule has 0 radical (unpaired) electrons. The smallest absolute Gasteiger partial charge is 0.165 e. The lowest BCUT2D eigenvalue weighted by Crippen LogP contribution is -2.20. The van der Waals surface area contributed by atoms with E-state index in [1.165, 1.54) is 12.1 Å². The number of aryl methyl sites for hydroxylation is 1. The van der Waals surface area contributed by atoms with Gasteiger partial charge in [-0.3, -0.25) is 0 Å². The molecular formula is C25H25FN6O2. The highest BCUT2D eigenvalue weighted by molar-refractivity contribution is 6.12. The summed E-state index contributed by atoms with van der Waals surface area (Å²) in [5.41, 5.74) is 13.8. The number of rotatable bonds is 8. The second kappa shape index (κ2) is 10.9. The van der Waals surface area contributed by atoms with Gasteiger partial charge in [0.25, 0.3) is 0 Å². The molecule has 4 N–H and O–H groups in total. The van der Waals surface area contributed by atoms with Crippen LogP contribution in [0.4, 0.5) is 10.1 Å². The van der Waals surface area contributed by atoms with Crippen molar-refractivity contribution in [1.82, 2.24) is 9.97 Å². The average molecular weight is 461 g/mol. The number of hydrogen-bond acceptors (Lipinski definition) is 8. The predicted molar refractivity (Wildman–Crippen MR) is 127 cm³/mol. The highest BCUT2D eigenvalue weighted by atomic mass is 19.1. The Balaban J connectivity index is 1.72. The Morgan fingerprint density at radius 2 is 1.71 bits per heavy atom. The van der Waals surface area contributed by atoms with Crippen molar-refractivity contribution < 1.29 is 13.9 Å². The molecule has 0 fully saturated rings. The molecule has 0 saturated carbocycles. The van der Waals surface area contributed by atoms with Gasteiger partial charge in [-0.05, 0) is 37.1 Å². The first-order chi connectivity index (χ1) is 16.2. The van der Waals surface area contributed by atoms with Gasteiger partial charge in [-0.2, -0.15) is 5.26 Å². The summed E-state index contributed by atoms with van der Waals surface area (Å²) in [5.74, 6) is 1.16. The third kappa shape index (κ3) is 6.53. The fourth-order valence-corrected chi connectivity index (χ4v) is 2.79. The van der Waals surface area contributed by atoms with E-state index >= 15 is 0 Å². The molecule has 0 bridgehead atoms. The van der Waals surface area contributed by atoms with E-state index in [2.05, 4.69) is 15.0 Å². The molecule has 174 valence electrons. The third-order valence-electron chi connectivity index (χ3n) is 4.69. The minimum Gasteiger partial charge on any atom is -0.489 e. The molecule has 0 aliphatic rings. The second-order valence-electron chi connectivity index (χ2n) is 7.74. The summed E-state index contributed by atoms with van der Waals surface area (Å²) < 4.78 is 25.5. The molecule has 0 unspecified atom stereocenters. The number of nitrogens with two attached hydrogens (primary N) is 2. The molecule has 3 aromatic rings. The molecule has 8 nitrogen and oxygen atoms in total. The predicted octanol–water partition coefficient (Wildman–Crippen LogP) is 4.68. The number of nitriles is 1. The first kappa shape index (κ1) is 24.2. The lowest BCUT2D eigenvalue weighted by molar-refractivity contribution is 0.301. The fourth-order valence-electron chi connectivity index (χ4n) is 2.79. The summed E-state index contributed by atoms with van der Waals surface area (Å²) in [6.07, 6.45) is 3.31. The minimum absolute atomic E-state index is 0.0142. The van der Waals surface area contributed by atoms with Gasteiger partial charge in [0.15, 0.2) is 5.71 Å². The number of halogens is 1. The standard InChI is InChI=1S/C25H25FN6O2/c1-15(2)24(28)25(29)23(11-27)32-19-4-6-20(7-5-19)34-22-9-18(26)8-21(10-22)33-14-17-12-30-16(3)31-13-17/h4-10,12-13,15H,14,28-29H2,1-3H3/b25-24+,32-23?. The van der Waals surface area contributed by atoms with Crippen molar-refractivity contribution in [3.05, 3.63) is 83.5 Å². The summed E-state index contributed by atoms with van der Waals surface area (Å²) in [7, 11) is 0. The molecule has 0 saturated heterocycles. The first-order valence-corrected chi connectivity index (χ1v) is 10.5. The van der Waals surface area contributed by atoms with E-state index < -0.39 is 5.82 Å². The normalized spacial score (nSPS) is 12.2. The van der Waals surface area contributed by atoms with E-state index in [4.69, 9.17) is 20.9 Å². The van der Waals surface area contributed by atoms with Gasteiger partial charge in [-0.15, -0.1) is 0 Å². The SMILES string of the molecule is Cc1ncc(COc2cc(F)cc(Oc3ccc(N=C(C#N)/C(N)=C(\N)C(C)C)cc3)c2)cn1. The van der Waals surface area contributed by atoms with Gasteiger partial charge in [0.05, 0.1) is 11.4 Å². The molecule has 0 atom stereocenters. The number of nitrogens with zero attached hydrogens (tertiary/aromatic N) is 4. The molecule has 34 heavy (non-hydrogen) atoms. The van der Waals surface area contributed by atoms with Crippen LogP contribution in [0.5, 0.6) is 17.2 Å². The largest absolute Gasteiger partial charge is 0.489 e. The summed E-state index contributed by atoms with van der Waals surface area (Å²) in [5, 5.41) is 9.39. The number of allylic oxidation sites excluding steroid dienone is 2. The van der Waals surface area contributed by atoms with Gasteiger partial charge in [0.1, 0.15) is 41.6 Å². The van der Waals surface area contributed by atoms with Crippen molar-refractivity contribution in [3.63, 3.8) is 0 Å². The monoisotopic (exact) mass is 460 g/mol. The van der Waals surface area contributed by atoms with Gasteiger partial charge >= 0.3 is 0 Å². The molecular weight excluding hydrogens is 435 g/mol. The van der Waals surface area contributed by atoms with Crippen LogP contribution in [0.25, 0.3) is 0 Å². The lowest BCUT2D eigenvalue weighted by Gasteiger charge is -2.11. The Labute approximate surface area is 197 Å². The van der Waals surface area contributed by atoms with E-state index in [0.717, 1.165) is 5.56 Å². The third-order valence-corrected chi connectivity index (χ3v) is 4.69. The van der Waals surface area contributed by atoms with Crippen molar-refractivity contribution in [2.24, 2.45) is 22.4 Å². The van der Waals surface area contributed by atoms with Gasteiger partial charge in [0.2, 0.25) is 0 Å². The Morgan fingerprint density at radius 3 is 2.32 bits per heavy atom. The number of aromatic nitrogens is 2. The number of ether oxygens (including phenoxy) is 2. The molecule has 0 aliphatic carbocycles. The van der Waals surface area contributed by atoms with E-state index in [0.29, 0.717) is 28.7 Å². The van der Waals surface area contributed by atoms with Crippen LogP contribution in [0.2, 0.25) is 0 Å². The summed E-state index contributed by atoms with van der Waals surface area (Å²) in [4.78, 5) is 12.5. The van der Waals surface area contributed by atoms with Crippen molar-refractivity contribution in [1.29, 1.82) is 5.26 Å². The zero-order valence-corrected chi connectivity index (χ0v) is 19.1. The van der Waals surface area contributed by atoms with Gasteiger partial charge in [-0.1, -0.05) is 13.8 Å². The molecule has 0 aliphatic heterocycles. The Morgan fingerprint density at radius 1 is 1.06 bits per heavy atom. The highest BCUT2D eigenvalue weighted by Crippen LogP contribution is 2.29. The van der Waals surface area contributed by atoms with E-state index in [-0.39, 0.29) is 29.7 Å². The summed E-state index contributed by atoms with van der Waals surface area (Å²) in [6, 6.07) is 12.7. The van der Waals surface area contributed by atoms with Crippen LogP contribution >= 0.6 is 0 Å². The van der Waals surface area contributed by atoms with Crippen LogP contribution in [-0.2, 0) is 6.61 Å². The first-order valence-electron chi connectivity index (χ1n) is 10.5. The van der Waals surface area contributed by atoms with Crippen molar-refractivity contribution in [2.45, 2.75) is 27.4 Å². The maximum absolute atomic E-state index is 14.1. The quantitative estimate of drug-likeness (QED) is 0.467. The molecule has 0 amide bonds. The molecule has 1 aromatic heterocycles. The number of benzene rings is 2. The highest BCUT2D eigenvalue weighted by Gasteiger charge is 2.11. The van der Waals surface area contributed by atoms with Gasteiger partial charge in [0, 0.05) is 41.9 Å². The van der Waals surface area contributed by atoms with Crippen LogP contribution in [0.3, 0.4) is 0 Å². The molecule has 0 spiro atoms. The second-order valence-corrected chi connectivity index (χ2v) is 7.74. The van der Waals surface area contributed by atoms with Crippen LogP contribution in [0.1, 0.15) is 25.2 Å². The summed E-state index contributed by atoms with van der Waals surface area (Å²) in [6.45, 7) is 5.74. The minimum atomic E-state index is -0.502. The molecule has 3 rings (SSSR count). The topological polar surface area (TPSA) is 132 Å². The fraction of sp³-hybridized carbons (Fsp3) is 0.200. The molecule has 1 heterocycles. The van der Waals surface area contributed by atoms with Crippen LogP contribution < -0.4 is 20.9 Å². The van der Waals surface area contributed by atoms with Gasteiger partial charge in [-0.25, -0.2) is 19.4 Å². The average Bonchev–Trinajstić information content (AvgIpc) is 2.82. The van der Waals surface area contributed by atoms with E-state index in [1.807, 2.05) is 19.9 Å². The maximum atomic E-state index is 14.1. The zero-order chi connectivity index (χ0) is 24.7. The zero-order valence-electron chi connectivity index (χ0n) is 19.1. The molecule has 2 aromatic carbocycles. The maximum Gasteiger partial charge on any atom is 0.165 e. The van der Waals surface area contributed by atoms with Crippen LogP contribution in [0.15, 0.2) is 71.2 Å². The Kier molecular flexibility index (Phi) is 7.77. The number of aliphatic imine (C=N–C) groups is 1. The number of hydrogen-bond donors (Lipinski definition) is 2. The van der Waals surface area contributed by atoms with Gasteiger partial charge < -0.3 is 20.9 Å². The lowest BCUT2D eigenvalue weighted by atomic mass is 10.1. The van der Waals surface area contributed by atoms with Crippen molar-refractivity contribution >= 4 is 11.4 Å². The van der Waals surface area contributed by atoms with E-state index in [1.54, 1.807) is 49.6 Å². The van der Waals surface area contributed by atoms with Crippen LogP contribution in [0, 0.1) is 30.0 Å². The van der Waals surface area contributed by atoms with Crippen LogP contribution in [-0.4, -0.2) is 15.7 Å². The Hall–Kier alpha value is -4.45. The van der Waals surface area contributed by atoms with Crippen molar-refractivity contribution in [2.75, 3.05) is 0 Å².